The summed E-state index contributed by atoms with van der Waals surface area (Å²) in [4.78, 5) is 6.84. The van der Waals surface area contributed by atoms with E-state index in [0.717, 1.165) is 49.8 Å². The molecule has 0 saturated carbocycles. The maximum atomic E-state index is 5.49. The van der Waals surface area contributed by atoms with Gasteiger partial charge in [0.25, 0.3) is 0 Å². The number of anilines is 1. The minimum atomic E-state index is 0.531. The van der Waals surface area contributed by atoms with Crippen molar-refractivity contribution in [3.8, 4) is 0 Å². The first-order valence-corrected chi connectivity index (χ1v) is 8.34. The summed E-state index contributed by atoms with van der Waals surface area (Å²) < 4.78 is 5.49. The van der Waals surface area contributed by atoms with Crippen LogP contribution in [0, 0.1) is 5.92 Å². The third-order valence-electron chi connectivity index (χ3n) is 4.60. The largest absolute Gasteiger partial charge is 0.373 e. The van der Waals surface area contributed by atoms with Gasteiger partial charge in [-0.3, -0.25) is 5.10 Å². The lowest BCUT2D eigenvalue weighted by Gasteiger charge is -2.34. The molecule has 6 heteroatoms. The molecule has 118 valence electrons. The van der Waals surface area contributed by atoms with E-state index in [1.165, 1.54) is 32.2 Å². The molecule has 0 spiro atoms. The molecule has 21 heavy (non-hydrogen) atoms. The second-order valence-corrected chi connectivity index (χ2v) is 6.16. The summed E-state index contributed by atoms with van der Waals surface area (Å²) in [6, 6.07) is 0.747. The van der Waals surface area contributed by atoms with Crippen LogP contribution in [0.1, 0.15) is 44.9 Å². The van der Waals surface area contributed by atoms with Gasteiger partial charge in [0.15, 0.2) is 5.82 Å². The number of aromatic amines is 1. The Morgan fingerprint density at radius 3 is 2.86 bits per heavy atom. The van der Waals surface area contributed by atoms with Crippen LogP contribution in [0.3, 0.4) is 0 Å². The molecule has 2 aliphatic heterocycles. The van der Waals surface area contributed by atoms with Gasteiger partial charge in [-0.2, -0.15) is 4.98 Å². The average molecular weight is 293 g/mol. The van der Waals surface area contributed by atoms with E-state index in [-0.39, 0.29) is 0 Å². The summed E-state index contributed by atoms with van der Waals surface area (Å²) in [6.07, 6.45) is 6.21. The number of nitrogens with one attached hydrogen (secondary N) is 2. The number of H-pyrrole nitrogens is 1. The molecule has 0 bridgehead atoms. The fourth-order valence-electron chi connectivity index (χ4n) is 3.42. The van der Waals surface area contributed by atoms with Crippen molar-refractivity contribution in [3.63, 3.8) is 0 Å². The molecule has 0 amide bonds. The lowest BCUT2D eigenvalue weighted by molar-refractivity contribution is 0.116. The van der Waals surface area contributed by atoms with E-state index >= 15 is 0 Å². The highest BCUT2D eigenvalue weighted by atomic mass is 16.5. The minimum absolute atomic E-state index is 0.531. The number of ether oxygens (including phenoxy) is 1. The summed E-state index contributed by atoms with van der Waals surface area (Å²) in [5, 5.41) is 11.0. The predicted octanol–water partition coefficient (Wildman–Crippen LogP) is 1.70. The first-order valence-electron chi connectivity index (χ1n) is 8.34. The molecule has 0 aliphatic carbocycles. The van der Waals surface area contributed by atoms with Crippen LogP contribution in [0.5, 0.6) is 0 Å². The molecule has 0 aromatic carbocycles. The van der Waals surface area contributed by atoms with Gasteiger partial charge in [0.05, 0.1) is 0 Å². The second kappa shape index (κ2) is 7.22. The van der Waals surface area contributed by atoms with Crippen LogP contribution in [0.4, 0.5) is 5.95 Å². The van der Waals surface area contributed by atoms with Crippen molar-refractivity contribution in [3.05, 3.63) is 5.82 Å². The van der Waals surface area contributed by atoms with Crippen LogP contribution in [-0.2, 0) is 11.3 Å². The van der Waals surface area contributed by atoms with Crippen LogP contribution in [0.15, 0.2) is 0 Å². The maximum absolute atomic E-state index is 5.49. The van der Waals surface area contributed by atoms with E-state index in [4.69, 9.17) is 4.74 Å². The normalized spacial score (nSPS) is 23.9. The van der Waals surface area contributed by atoms with Crippen molar-refractivity contribution in [2.75, 3.05) is 31.1 Å². The van der Waals surface area contributed by atoms with Crippen molar-refractivity contribution >= 4 is 5.95 Å². The lowest BCUT2D eigenvalue weighted by atomic mass is 9.89. The molecule has 2 saturated heterocycles. The minimum Gasteiger partial charge on any atom is -0.373 e. The number of nitrogens with zero attached hydrogens (tertiary/aromatic N) is 3. The number of hydrogen-bond acceptors (Lipinski definition) is 5. The highest BCUT2D eigenvalue weighted by Gasteiger charge is 2.29. The molecule has 3 heterocycles. The molecule has 2 N–H and O–H groups in total. The summed E-state index contributed by atoms with van der Waals surface area (Å²) in [5.74, 6) is 2.50. The van der Waals surface area contributed by atoms with Gasteiger partial charge in [-0.05, 0) is 44.6 Å². The smallest absolute Gasteiger partial charge is 0.244 e. The Kier molecular flexibility index (Phi) is 5.08. The second-order valence-electron chi connectivity index (χ2n) is 6.16. The van der Waals surface area contributed by atoms with Crippen LogP contribution >= 0.6 is 0 Å². The van der Waals surface area contributed by atoms with E-state index in [1.807, 2.05) is 0 Å². The quantitative estimate of drug-likeness (QED) is 0.782. The Balaban J connectivity index is 1.47. The fourth-order valence-corrected chi connectivity index (χ4v) is 3.42. The third kappa shape index (κ3) is 3.74. The van der Waals surface area contributed by atoms with E-state index < -0.39 is 0 Å². The van der Waals surface area contributed by atoms with Gasteiger partial charge in [0.2, 0.25) is 5.95 Å². The number of piperidine rings is 1. The van der Waals surface area contributed by atoms with Gasteiger partial charge in [0.1, 0.15) is 6.61 Å². The van der Waals surface area contributed by atoms with Crippen molar-refractivity contribution in [2.45, 2.75) is 51.7 Å². The molecule has 2 aliphatic rings. The molecule has 1 aromatic heterocycles. The Morgan fingerprint density at radius 1 is 1.29 bits per heavy atom. The standard InChI is InChI=1S/C15H27N5O/c1-2-10-21-11-14-17-15(19-18-14)20-8-5-12(6-9-20)13-4-3-7-16-13/h12-13,16H,2-11H2,1H3,(H,17,18,19). The topological polar surface area (TPSA) is 66.1 Å². The van der Waals surface area contributed by atoms with Crippen LogP contribution in [0.25, 0.3) is 0 Å². The van der Waals surface area contributed by atoms with E-state index in [9.17, 15) is 0 Å². The summed E-state index contributed by atoms with van der Waals surface area (Å²) in [5.41, 5.74) is 0. The van der Waals surface area contributed by atoms with Gasteiger partial charge < -0.3 is 15.0 Å². The van der Waals surface area contributed by atoms with Crippen molar-refractivity contribution in [2.24, 2.45) is 5.92 Å². The van der Waals surface area contributed by atoms with Crippen molar-refractivity contribution in [1.29, 1.82) is 0 Å². The first-order chi connectivity index (χ1) is 10.4. The summed E-state index contributed by atoms with van der Waals surface area (Å²) in [7, 11) is 0. The summed E-state index contributed by atoms with van der Waals surface area (Å²) >= 11 is 0. The average Bonchev–Trinajstić information content (AvgIpc) is 3.20. The predicted molar refractivity (Wildman–Crippen MR) is 82.3 cm³/mol. The van der Waals surface area contributed by atoms with Crippen LogP contribution in [-0.4, -0.2) is 47.5 Å². The van der Waals surface area contributed by atoms with Crippen LogP contribution < -0.4 is 10.2 Å². The van der Waals surface area contributed by atoms with E-state index in [2.05, 4.69) is 32.3 Å². The lowest BCUT2D eigenvalue weighted by Crippen LogP contribution is -2.41. The third-order valence-corrected chi connectivity index (χ3v) is 4.60. The van der Waals surface area contributed by atoms with Crippen molar-refractivity contribution in [1.82, 2.24) is 20.5 Å². The Morgan fingerprint density at radius 2 is 2.14 bits per heavy atom. The molecule has 0 radical (unpaired) electrons. The fraction of sp³-hybridized carbons (Fsp3) is 0.867. The molecule has 2 fully saturated rings. The zero-order valence-corrected chi connectivity index (χ0v) is 13.0. The monoisotopic (exact) mass is 293 g/mol. The molecule has 3 rings (SSSR count). The van der Waals surface area contributed by atoms with E-state index in [0.29, 0.717) is 6.61 Å². The SMILES string of the molecule is CCCOCc1nc(N2CCC(C3CCCN3)CC2)n[nH]1. The zero-order chi connectivity index (χ0) is 14.5. The number of hydrogen-bond donors (Lipinski definition) is 2. The molecular formula is C15H27N5O. The van der Waals surface area contributed by atoms with Gasteiger partial charge in [-0.15, -0.1) is 5.10 Å². The van der Waals surface area contributed by atoms with Gasteiger partial charge in [-0.25, -0.2) is 0 Å². The Bertz CT molecular complexity index is 421. The highest BCUT2D eigenvalue weighted by Crippen LogP contribution is 2.27. The molecule has 1 atom stereocenters. The Labute approximate surface area is 126 Å². The van der Waals surface area contributed by atoms with Gasteiger partial charge in [-0.1, -0.05) is 6.92 Å². The number of rotatable bonds is 6. The molecule has 1 aromatic rings. The maximum Gasteiger partial charge on any atom is 0.244 e. The highest BCUT2D eigenvalue weighted by molar-refractivity contribution is 5.29. The van der Waals surface area contributed by atoms with Crippen LogP contribution in [0.2, 0.25) is 0 Å². The van der Waals surface area contributed by atoms with E-state index in [1.54, 1.807) is 0 Å². The summed E-state index contributed by atoms with van der Waals surface area (Å²) in [6.45, 7) is 6.74. The molecule has 6 nitrogen and oxygen atoms in total. The first kappa shape index (κ1) is 14.8. The number of aromatic nitrogens is 3. The zero-order valence-electron chi connectivity index (χ0n) is 13.0. The van der Waals surface area contributed by atoms with Gasteiger partial charge in [0, 0.05) is 25.7 Å². The molecule has 1 unspecified atom stereocenters. The molecular weight excluding hydrogens is 266 g/mol. The van der Waals surface area contributed by atoms with Crippen molar-refractivity contribution < 1.29 is 4.74 Å². The Hall–Kier alpha value is -1.14. The van der Waals surface area contributed by atoms with Gasteiger partial charge >= 0.3 is 0 Å².